The Morgan fingerprint density at radius 3 is 3.07 bits per heavy atom. The van der Waals surface area contributed by atoms with Gasteiger partial charge in [0.15, 0.2) is 0 Å². The van der Waals surface area contributed by atoms with Crippen LogP contribution in [0.1, 0.15) is 19.8 Å². The van der Waals surface area contributed by atoms with E-state index in [1.165, 1.54) is 0 Å². The van der Waals surface area contributed by atoms with Crippen LogP contribution in [-0.2, 0) is 4.74 Å². The molecular weight excluding hydrogens is 194 g/mol. The molecule has 6 heteroatoms. The number of ether oxygens (including phenoxy) is 1. The van der Waals surface area contributed by atoms with Crippen molar-refractivity contribution in [2.45, 2.75) is 38.0 Å². The predicted octanol–water partition coefficient (Wildman–Crippen LogP) is 1.35. The fourth-order valence-electron chi connectivity index (χ4n) is 1.65. The molecule has 0 spiro atoms. The molecule has 1 N–H and O–H groups in total. The van der Waals surface area contributed by atoms with E-state index in [0.29, 0.717) is 13.1 Å². The summed E-state index contributed by atoms with van der Waals surface area (Å²) in [4.78, 5) is 2.64. The highest BCUT2D eigenvalue weighted by atomic mass is 16.5. The third-order valence-electron chi connectivity index (χ3n) is 2.41. The van der Waals surface area contributed by atoms with Crippen LogP contribution in [0.5, 0.6) is 0 Å². The summed E-state index contributed by atoms with van der Waals surface area (Å²) >= 11 is 0. The maximum Gasteiger partial charge on any atom is 0.122 e. The molecule has 0 saturated carbocycles. The van der Waals surface area contributed by atoms with E-state index in [4.69, 9.17) is 15.5 Å². The average molecular weight is 209 g/mol. The van der Waals surface area contributed by atoms with Gasteiger partial charge in [-0.1, -0.05) is 5.11 Å². The molecule has 82 valence electrons. The molecule has 0 aromatic carbocycles. The number of azide groups is 1. The van der Waals surface area contributed by atoms with Crippen molar-refractivity contribution in [2.24, 2.45) is 5.11 Å². The Morgan fingerprint density at radius 2 is 2.53 bits per heavy atom. The van der Waals surface area contributed by atoms with Crippen LogP contribution in [0.25, 0.3) is 10.4 Å². The lowest BCUT2D eigenvalue weighted by atomic mass is 10.1. The van der Waals surface area contributed by atoms with Gasteiger partial charge in [-0.25, -0.2) is 0 Å². The van der Waals surface area contributed by atoms with Gasteiger partial charge in [-0.3, -0.25) is 5.32 Å². The van der Waals surface area contributed by atoms with E-state index < -0.39 is 0 Å². The summed E-state index contributed by atoms with van der Waals surface area (Å²) in [5, 5.41) is 15.3. The van der Waals surface area contributed by atoms with Crippen LogP contribution in [0.4, 0.5) is 0 Å². The molecule has 0 bridgehead atoms. The van der Waals surface area contributed by atoms with Gasteiger partial charge in [-0.15, -0.1) is 0 Å². The Kier molecular flexibility index (Phi) is 4.91. The molecule has 6 nitrogen and oxygen atoms in total. The maximum atomic E-state index is 8.93. The Balaban J connectivity index is 2.30. The van der Waals surface area contributed by atoms with Crippen LogP contribution in [0.2, 0.25) is 0 Å². The zero-order valence-electron chi connectivity index (χ0n) is 8.76. The van der Waals surface area contributed by atoms with E-state index in [9.17, 15) is 0 Å². The van der Waals surface area contributed by atoms with Gasteiger partial charge in [0.25, 0.3) is 0 Å². The molecule has 3 unspecified atom stereocenters. The van der Waals surface area contributed by atoms with Crippen molar-refractivity contribution in [3.63, 3.8) is 0 Å². The van der Waals surface area contributed by atoms with Crippen molar-refractivity contribution in [3.8, 4) is 6.07 Å². The van der Waals surface area contributed by atoms with Gasteiger partial charge >= 0.3 is 0 Å². The first-order chi connectivity index (χ1) is 7.27. The van der Waals surface area contributed by atoms with Gasteiger partial charge in [0.2, 0.25) is 0 Å². The minimum atomic E-state index is -0.302. The molecule has 1 aliphatic heterocycles. The van der Waals surface area contributed by atoms with Gasteiger partial charge < -0.3 is 4.74 Å². The van der Waals surface area contributed by atoms with Gasteiger partial charge in [0.05, 0.1) is 18.3 Å². The molecule has 0 aromatic heterocycles. The van der Waals surface area contributed by atoms with Crippen molar-refractivity contribution in [3.05, 3.63) is 10.4 Å². The Bertz CT molecular complexity index is 281. The van der Waals surface area contributed by atoms with Crippen molar-refractivity contribution in [2.75, 3.05) is 13.1 Å². The zero-order valence-corrected chi connectivity index (χ0v) is 8.76. The average Bonchev–Trinajstić information content (AvgIpc) is 2.65. The highest BCUT2D eigenvalue weighted by Gasteiger charge is 2.28. The smallest absolute Gasteiger partial charge is 0.122 e. The summed E-state index contributed by atoms with van der Waals surface area (Å²) in [5.74, 6) is 0. The van der Waals surface area contributed by atoms with Crippen LogP contribution in [0.3, 0.4) is 0 Å². The summed E-state index contributed by atoms with van der Waals surface area (Å²) in [6.45, 7) is 2.88. The molecular formula is C9H15N5O. The lowest BCUT2D eigenvalue weighted by Crippen LogP contribution is -2.39. The number of nitrogens with one attached hydrogen (secondary N) is 1. The third kappa shape index (κ3) is 3.76. The van der Waals surface area contributed by atoms with Gasteiger partial charge in [-0.05, 0) is 25.3 Å². The minimum absolute atomic E-state index is 0.0314. The second-order valence-electron chi connectivity index (χ2n) is 3.58. The summed E-state index contributed by atoms with van der Waals surface area (Å²) in [5.41, 5.74) is 8.08. The summed E-state index contributed by atoms with van der Waals surface area (Å²) in [7, 11) is 0. The second kappa shape index (κ2) is 6.25. The number of hydrogen-bond donors (Lipinski definition) is 1. The highest BCUT2D eigenvalue weighted by molar-refractivity contribution is 4.98. The van der Waals surface area contributed by atoms with Crippen LogP contribution in [0.15, 0.2) is 5.11 Å². The quantitative estimate of drug-likeness (QED) is 0.320. The zero-order chi connectivity index (χ0) is 11.1. The predicted molar refractivity (Wildman–Crippen MR) is 55.0 cm³/mol. The Labute approximate surface area is 88.8 Å². The molecule has 1 rings (SSSR count). The standard InChI is InChI=1S/C9H15N5O/c1-7-2-3-9(15-7)8(6-10)12-4-5-13-14-11/h7-9,12H,2-5H2,1H3. The first-order valence-corrected chi connectivity index (χ1v) is 5.07. The van der Waals surface area contributed by atoms with E-state index in [0.717, 1.165) is 12.8 Å². The SMILES string of the molecule is CC1CCC(C(C#N)NCCN=[N+]=[N-])O1. The van der Waals surface area contributed by atoms with Crippen molar-refractivity contribution in [1.82, 2.24) is 5.32 Å². The van der Waals surface area contributed by atoms with Crippen LogP contribution in [0, 0.1) is 11.3 Å². The number of nitriles is 1. The van der Waals surface area contributed by atoms with Gasteiger partial charge in [0.1, 0.15) is 6.04 Å². The highest BCUT2D eigenvalue weighted by Crippen LogP contribution is 2.21. The monoisotopic (exact) mass is 209 g/mol. The molecule has 3 atom stereocenters. The molecule has 15 heavy (non-hydrogen) atoms. The largest absolute Gasteiger partial charge is 0.373 e. The van der Waals surface area contributed by atoms with Gasteiger partial charge in [-0.2, -0.15) is 5.26 Å². The topological polar surface area (TPSA) is 93.8 Å². The van der Waals surface area contributed by atoms with E-state index >= 15 is 0 Å². The number of hydrogen-bond acceptors (Lipinski definition) is 4. The molecule has 0 aromatic rings. The summed E-state index contributed by atoms with van der Waals surface area (Å²) in [6.07, 6.45) is 2.12. The molecule has 1 saturated heterocycles. The van der Waals surface area contributed by atoms with E-state index in [1.807, 2.05) is 6.92 Å². The summed E-state index contributed by atoms with van der Waals surface area (Å²) in [6, 6.07) is 1.87. The molecule has 1 fully saturated rings. The van der Waals surface area contributed by atoms with Gasteiger partial charge in [0, 0.05) is 18.0 Å². The molecule has 1 aliphatic rings. The molecule has 0 radical (unpaired) electrons. The number of rotatable bonds is 5. The Hall–Kier alpha value is -1.28. The first kappa shape index (κ1) is 11.8. The third-order valence-corrected chi connectivity index (χ3v) is 2.41. The minimum Gasteiger partial charge on any atom is -0.373 e. The summed E-state index contributed by atoms with van der Waals surface area (Å²) < 4.78 is 5.58. The van der Waals surface area contributed by atoms with E-state index in [2.05, 4.69) is 21.4 Å². The van der Waals surface area contributed by atoms with Crippen LogP contribution >= 0.6 is 0 Å². The van der Waals surface area contributed by atoms with Crippen molar-refractivity contribution >= 4 is 0 Å². The fourth-order valence-corrected chi connectivity index (χ4v) is 1.65. The van der Waals surface area contributed by atoms with E-state index in [1.54, 1.807) is 0 Å². The lowest BCUT2D eigenvalue weighted by Gasteiger charge is -2.17. The fraction of sp³-hybridized carbons (Fsp3) is 0.889. The molecule has 0 amide bonds. The Morgan fingerprint density at radius 1 is 1.73 bits per heavy atom. The molecule has 1 heterocycles. The van der Waals surface area contributed by atoms with Crippen molar-refractivity contribution in [1.29, 1.82) is 5.26 Å². The van der Waals surface area contributed by atoms with Crippen molar-refractivity contribution < 1.29 is 4.74 Å². The normalized spacial score (nSPS) is 26.7. The first-order valence-electron chi connectivity index (χ1n) is 5.07. The van der Waals surface area contributed by atoms with Crippen LogP contribution in [-0.4, -0.2) is 31.3 Å². The lowest BCUT2D eigenvalue weighted by molar-refractivity contribution is 0.0435. The second-order valence-corrected chi connectivity index (χ2v) is 3.58. The maximum absolute atomic E-state index is 8.93. The van der Waals surface area contributed by atoms with E-state index in [-0.39, 0.29) is 18.2 Å². The molecule has 0 aliphatic carbocycles. The number of nitrogens with zero attached hydrogens (tertiary/aromatic N) is 4. The van der Waals surface area contributed by atoms with Crippen LogP contribution < -0.4 is 5.32 Å².